The van der Waals surface area contributed by atoms with Gasteiger partial charge in [0.15, 0.2) is 5.82 Å². The normalized spacial score (nSPS) is 14.5. The lowest BCUT2D eigenvalue weighted by atomic mass is 9.95. The predicted octanol–water partition coefficient (Wildman–Crippen LogP) is 4.76. The summed E-state index contributed by atoms with van der Waals surface area (Å²) in [5.74, 6) is 0.695. The number of halogens is 2. The fraction of sp³-hybridized carbons (Fsp3) is 0.269. The summed E-state index contributed by atoms with van der Waals surface area (Å²) in [4.78, 5) is 19.5. The van der Waals surface area contributed by atoms with Crippen LogP contribution in [0.3, 0.4) is 0 Å². The highest BCUT2D eigenvalue weighted by Gasteiger charge is 2.26. The van der Waals surface area contributed by atoms with Gasteiger partial charge in [-0.1, -0.05) is 23.7 Å². The lowest BCUT2D eigenvalue weighted by Gasteiger charge is -2.32. The third kappa shape index (κ3) is 4.89. The number of aromatic nitrogens is 3. The van der Waals surface area contributed by atoms with E-state index >= 15 is 0 Å². The quantitative estimate of drug-likeness (QED) is 0.435. The number of nitrogens with zero attached hydrogens (tertiary/aromatic N) is 4. The maximum absolute atomic E-state index is 13.3. The molecule has 0 aliphatic carbocycles. The molecule has 2 aromatic carbocycles. The highest BCUT2D eigenvalue weighted by molar-refractivity contribution is 6.30. The largest absolute Gasteiger partial charge is 0.356 e. The van der Waals surface area contributed by atoms with Crippen LogP contribution in [0.5, 0.6) is 0 Å². The number of piperidine rings is 1. The van der Waals surface area contributed by atoms with E-state index in [0.717, 1.165) is 60.5 Å². The van der Waals surface area contributed by atoms with Crippen molar-refractivity contribution in [3.8, 4) is 11.3 Å². The van der Waals surface area contributed by atoms with E-state index < -0.39 is 0 Å². The van der Waals surface area contributed by atoms with Gasteiger partial charge in [0.25, 0.3) is 0 Å². The van der Waals surface area contributed by atoms with E-state index in [9.17, 15) is 9.18 Å². The van der Waals surface area contributed by atoms with Crippen LogP contribution < -0.4 is 10.2 Å². The van der Waals surface area contributed by atoms with Gasteiger partial charge in [0, 0.05) is 48.5 Å². The lowest BCUT2D eigenvalue weighted by Crippen LogP contribution is -2.41. The molecule has 1 saturated heterocycles. The lowest BCUT2D eigenvalue weighted by molar-refractivity contribution is -0.125. The van der Waals surface area contributed by atoms with E-state index in [-0.39, 0.29) is 17.6 Å². The molecule has 1 aliphatic rings. The highest BCUT2D eigenvalue weighted by atomic mass is 35.5. The van der Waals surface area contributed by atoms with Crippen LogP contribution >= 0.6 is 11.6 Å². The topological polar surface area (TPSA) is 62.5 Å². The molecule has 4 aromatic rings. The summed E-state index contributed by atoms with van der Waals surface area (Å²) in [7, 11) is 0. The van der Waals surface area contributed by atoms with Gasteiger partial charge in [0.2, 0.25) is 5.91 Å². The van der Waals surface area contributed by atoms with Gasteiger partial charge in [-0.2, -0.15) is 5.10 Å². The second kappa shape index (κ2) is 9.81. The minimum Gasteiger partial charge on any atom is -0.356 e. The first-order valence-electron chi connectivity index (χ1n) is 11.4. The number of hydrogen-bond acceptors (Lipinski definition) is 4. The average Bonchev–Trinajstić information content (AvgIpc) is 3.30. The number of fused-ring (bicyclic) bond motifs is 1. The summed E-state index contributed by atoms with van der Waals surface area (Å²) < 4.78 is 15.1. The molecular weight excluding hydrogens is 453 g/mol. The number of anilines is 1. The van der Waals surface area contributed by atoms with Crippen LogP contribution in [0.15, 0.2) is 67.0 Å². The van der Waals surface area contributed by atoms with E-state index in [4.69, 9.17) is 11.6 Å². The summed E-state index contributed by atoms with van der Waals surface area (Å²) in [6.45, 7) is 2.11. The van der Waals surface area contributed by atoms with Gasteiger partial charge in [0.1, 0.15) is 11.3 Å². The van der Waals surface area contributed by atoms with E-state index in [0.29, 0.717) is 11.6 Å². The Bertz CT molecular complexity index is 1280. The third-order valence-electron chi connectivity index (χ3n) is 6.30. The minimum absolute atomic E-state index is 0.000822. The van der Waals surface area contributed by atoms with Gasteiger partial charge < -0.3 is 10.2 Å². The molecule has 1 aliphatic heterocycles. The number of carbonyl (C=O) groups is 1. The summed E-state index contributed by atoms with van der Waals surface area (Å²) in [6.07, 6.45) is 5.88. The molecule has 8 heteroatoms. The Kier molecular flexibility index (Phi) is 6.45. The number of rotatable bonds is 6. The first-order chi connectivity index (χ1) is 16.6. The van der Waals surface area contributed by atoms with Gasteiger partial charge in [-0.15, -0.1) is 0 Å². The molecule has 34 heavy (non-hydrogen) atoms. The van der Waals surface area contributed by atoms with Gasteiger partial charge >= 0.3 is 0 Å². The second-order valence-corrected chi connectivity index (χ2v) is 8.98. The first-order valence-corrected chi connectivity index (χ1v) is 11.8. The average molecular weight is 478 g/mol. The van der Waals surface area contributed by atoms with Crippen LogP contribution in [0, 0.1) is 11.7 Å². The van der Waals surface area contributed by atoms with Crippen molar-refractivity contribution in [2.45, 2.75) is 19.3 Å². The maximum Gasteiger partial charge on any atom is 0.223 e. The number of carbonyl (C=O) groups excluding carboxylic acids is 1. The zero-order valence-electron chi connectivity index (χ0n) is 18.6. The molecule has 0 unspecified atom stereocenters. The molecule has 1 amide bonds. The molecule has 0 saturated carbocycles. The molecule has 0 atom stereocenters. The van der Waals surface area contributed by atoms with Gasteiger partial charge in [-0.05, 0) is 67.3 Å². The maximum atomic E-state index is 13.3. The zero-order chi connectivity index (χ0) is 23.5. The SMILES string of the molecule is O=C(NCCc1ccc(Cl)cc1)C1CCN(c2nccn3nc(-c4ccc(F)cc4)cc23)CC1. The van der Waals surface area contributed by atoms with Crippen LogP contribution in [0.2, 0.25) is 5.02 Å². The van der Waals surface area contributed by atoms with Crippen molar-refractivity contribution in [1.29, 1.82) is 0 Å². The third-order valence-corrected chi connectivity index (χ3v) is 6.55. The first kappa shape index (κ1) is 22.3. The summed E-state index contributed by atoms with van der Waals surface area (Å²) in [5.41, 5.74) is 3.67. The Morgan fingerprint density at radius 2 is 1.82 bits per heavy atom. The van der Waals surface area contributed by atoms with Crippen molar-refractivity contribution in [1.82, 2.24) is 19.9 Å². The molecule has 1 N–H and O–H groups in total. The van der Waals surface area contributed by atoms with Crippen LogP contribution in [-0.2, 0) is 11.2 Å². The summed E-state index contributed by atoms with van der Waals surface area (Å²) >= 11 is 5.92. The molecule has 2 aromatic heterocycles. The number of nitrogens with one attached hydrogen (secondary N) is 1. The summed E-state index contributed by atoms with van der Waals surface area (Å²) in [6, 6.07) is 16.0. The van der Waals surface area contributed by atoms with Crippen LogP contribution in [0.4, 0.5) is 10.2 Å². The Morgan fingerprint density at radius 3 is 2.56 bits per heavy atom. The molecule has 0 bridgehead atoms. The fourth-order valence-electron chi connectivity index (χ4n) is 4.39. The van der Waals surface area contributed by atoms with Crippen LogP contribution in [0.25, 0.3) is 16.8 Å². The highest BCUT2D eigenvalue weighted by Crippen LogP contribution is 2.28. The Morgan fingerprint density at radius 1 is 1.09 bits per heavy atom. The van der Waals surface area contributed by atoms with Crippen molar-refractivity contribution in [3.63, 3.8) is 0 Å². The van der Waals surface area contributed by atoms with Crippen molar-refractivity contribution in [3.05, 3.63) is 83.4 Å². The van der Waals surface area contributed by atoms with Crippen molar-refractivity contribution in [2.75, 3.05) is 24.5 Å². The molecule has 0 spiro atoms. The molecule has 6 nitrogen and oxygen atoms in total. The number of hydrogen-bond donors (Lipinski definition) is 1. The van der Waals surface area contributed by atoms with Crippen molar-refractivity contribution < 1.29 is 9.18 Å². The molecule has 0 radical (unpaired) electrons. The van der Waals surface area contributed by atoms with Crippen molar-refractivity contribution in [2.24, 2.45) is 5.92 Å². The summed E-state index contributed by atoms with van der Waals surface area (Å²) in [5, 5.41) is 8.42. The van der Waals surface area contributed by atoms with Crippen molar-refractivity contribution >= 4 is 28.8 Å². The minimum atomic E-state index is -0.272. The molecular formula is C26H25ClFN5O. The predicted molar refractivity (Wildman–Crippen MR) is 131 cm³/mol. The van der Waals surface area contributed by atoms with Gasteiger partial charge in [-0.3, -0.25) is 4.79 Å². The van der Waals surface area contributed by atoms with E-state index in [1.807, 2.05) is 36.5 Å². The Balaban J connectivity index is 1.20. The Labute approximate surface area is 202 Å². The standard InChI is InChI=1S/C26H25ClFN5O/c27-21-5-1-18(2-6-21)9-12-30-26(34)20-10-14-32(15-11-20)25-24-17-23(31-33(24)16-13-29-25)19-3-7-22(28)8-4-19/h1-8,13,16-17,20H,9-12,14-15H2,(H,30,34). The molecule has 174 valence electrons. The van der Waals surface area contributed by atoms with Gasteiger partial charge in [0.05, 0.1) is 5.69 Å². The van der Waals surface area contributed by atoms with Crippen LogP contribution in [0.1, 0.15) is 18.4 Å². The second-order valence-electron chi connectivity index (χ2n) is 8.55. The van der Waals surface area contributed by atoms with E-state index in [2.05, 4.69) is 20.3 Å². The van der Waals surface area contributed by atoms with E-state index in [1.54, 1.807) is 22.8 Å². The zero-order valence-corrected chi connectivity index (χ0v) is 19.4. The monoisotopic (exact) mass is 477 g/mol. The molecule has 3 heterocycles. The van der Waals surface area contributed by atoms with E-state index in [1.165, 1.54) is 12.1 Å². The van der Waals surface area contributed by atoms with Gasteiger partial charge in [-0.25, -0.2) is 13.9 Å². The fourth-order valence-corrected chi connectivity index (χ4v) is 4.52. The number of benzene rings is 2. The Hall–Kier alpha value is -3.45. The molecule has 1 fully saturated rings. The molecule has 5 rings (SSSR count). The van der Waals surface area contributed by atoms with Crippen LogP contribution in [-0.4, -0.2) is 40.1 Å². The smallest absolute Gasteiger partial charge is 0.223 e. The number of amides is 1.